The van der Waals surface area contributed by atoms with Crippen molar-refractivity contribution in [3.8, 4) is 0 Å². The molecule has 0 fully saturated rings. The lowest BCUT2D eigenvalue weighted by molar-refractivity contribution is 1.04. The van der Waals surface area contributed by atoms with Gasteiger partial charge < -0.3 is 5.73 Å². The maximum Gasteiger partial charge on any atom is 0.240 e. The van der Waals surface area contributed by atoms with Gasteiger partial charge in [0.05, 0.1) is 11.7 Å². The Hall–Kier alpha value is -2.30. The third kappa shape index (κ3) is 1.17. The number of rotatable bonds is 0. The summed E-state index contributed by atoms with van der Waals surface area (Å²) in [5.41, 5.74) is 7.79. The van der Waals surface area contributed by atoms with E-state index >= 15 is 0 Å². The van der Waals surface area contributed by atoms with Gasteiger partial charge >= 0.3 is 0 Å². The molecule has 0 aliphatic carbocycles. The number of pyridine rings is 1. The van der Waals surface area contributed by atoms with Crippen LogP contribution in [0, 0.1) is 0 Å². The second-order valence-electron chi connectivity index (χ2n) is 3.18. The Morgan fingerprint density at radius 3 is 2.80 bits per heavy atom. The Bertz CT molecular complexity index is 649. The molecular weight excluding hydrogens is 190 g/mol. The monoisotopic (exact) mass is 197 g/mol. The molecule has 0 atom stereocenters. The highest BCUT2D eigenvalue weighted by molar-refractivity contribution is 6.01. The second kappa shape index (κ2) is 2.84. The van der Waals surface area contributed by atoms with Gasteiger partial charge in [-0.1, -0.05) is 18.2 Å². The zero-order valence-corrected chi connectivity index (χ0v) is 7.75. The second-order valence-corrected chi connectivity index (χ2v) is 3.18. The molecular formula is C10H7N5. The molecule has 0 radical (unpaired) electrons. The van der Waals surface area contributed by atoms with Crippen LogP contribution in [0.2, 0.25) is 0 Å². The van der Waals surface area contributed by atoms with E-state index in [2.05, 4.69) is 20.2 Å². The first-order valence-electron chi connectivity index (χ1n) is 4.48. The van der Waals surface area contributed by atoms with Gasteiger partial charge in [0.25, 0.3) is 0 Å². The molecule has 0 aliphatic heterocycles. The molecule has 0 saturated heterocycles. The molecule has 72 valence electrons. The highest BCUT2D eigenvalue weighted by Gasteiger charge is 2.04. The molecule has 15 heavy (non-hydrogen) atoms. The first-order chi connectivity index (χ1) is 7.34. The Labute approximate surface area is 85.0 Å². The predicted molar refractivity (Wildman–Crippen MR) is 57.0 cm³/mol. The van der Waals surface area contributed by atoms with Crippen LogP contribution in [-0.4, -0.2) is 20.2 Å². The van der Waals surface area contributed by atoms with Crippen molar-refractivity contribution in [2.45, 2.75) is 0 Å². The number of hydrogen-bond acceptors (Lipinski definition) is 5. The summed E-state index contributed by atoms with van der Waals surface area (Å²) in [7, 11) is 0. The molecule has 2 N–H and O–H groups in total. The molecule has 2 aromatic heterocycles. The van der Waals surface area contributed by atoms with Crippen LogP contribution < -0.4 is 5.73 Å². The molecule has 0 spiro atoms. The van der Waals surface area contributed by atoms with Crippen LogP contribution in [0.25, 0.3) is 21.9 Å². The van der Waals surface area contributed by atoms with Gasteiger partial charge in [0.1, 0.15) is 11.0 Å². The number of anilines is 1. The zero-order chi connectivity index (χ0) is 10.3. The van der Waals surface area contributed by atoms with Crippen molar-refractivity contribution < 1.29 is 0 Å². The van der Waals surface area contributed by atoms with Crippen molar-refractivity contribution >= 4 is 27.9 Å². The minimum Gasteiger partial charge on any atom is -0.366 e. The van der Waals surface area contributed by atoms with Gasteiger partial charge in [0.2, 0.25) is 5.95 Å². The van der Waals surface area contributed by atoms with E-state index in [9.17, 15) is 0 Å². The van der Waals surface area contributed by atoms with E-state index in [0.717, 1.165) is 16.4 Å². The number of nitrogen functional groups attached to an aromatic ring is 1. The smallest absolute Gasteiger partial charge is 0.240 e. The van der Waals surface area contributed by atoms with E-state index in [4.69, 9.17) is 5.73 Å². The first-order valence-corrected chi connectivity index (χ1v) is 4.48. The van der Waals surface area contributed by atoms with E-state index < -0.39 is 0 Å². The van der Waals surface area contributed by atoms with Gasteiger partial charge in [0, 0.05) is 5.39 Å². The van der Waals surface area contributed by atoms with E-state index in [-0.39, 0.29) is 5.95 Å². The topological polar surface area (TPSA) is 77.6 Å². The van der Waals surface area contributed by atoms with Crippen molar-refractivity contribution in [1.82, 2.24) is 20.2 Å². The number of benzene rings is 1. The van der Waals surface area contributed by atoms with Crippen LogP contribution in [-0.2, 0) is 0 Å². The SMILES string of the molecule is Nc1nnc2cnc3ccccc3c2n1. The molecule has 0 amide bonds. The number of para-hydroxylation sites is 1. The van der Waals surface area contributed by atoms with Gasteiger partial charge in [-0.25, -0.2) is 4.98 Å². The fourth-order valence-corrected chi connectivity index (χ4v) is 1.55. The van der Waals surface area contributed by atoms with Gasteiger partial charge in [-0.3, -0.25) is 4.98 Å². The average molecular weight is 197 g/mol. The lowest BCUT2D eigenvalue weighted by Gasteiger charge is -2.00. The molecule has 0 unspecified atom stereocenters. The maximum atomic E-state index is 5.51. The Morgan fingerprint density at radius 1 is 1.00 bits per heavy atom. The summed E-state index contributed by atoms with van der Waals surface area (Å²) >= 11 is 0. The number of aromatic nitrogens is 4. The van der Waals surface area contributed by atoms with Crippen molar-refractivity contribution in [3.05, 3.63) is 30.5 Å². The van der Waals surface area contributed by atoms with E-state index in [1.165, 1.54) is 0 Å². The highest BCUT2D eigenvalue weighted by atomic mass is 15.2. The Kier molecular flexibility index (Phi) is 1.53. The summed E-state index contributed by atoms with van der Waals surface area (Å²) < 4.78 is 0. The fourth-order valence-electron chi connectivity index (χ4n) is 1.55. The first kappa shape index (κ1) is 8.05. The van der Waals surface area contributed by atoms with Gasteiger partial charge in [-0.15, -0.1) is 10.2 Å². The minimum atomic E-state index is 0.179. The largest absolute Gasteiger partial charge is 0.366 e. The normalized spacial score (nSPS) is 10.9. The van der Waals surface area contributed by atoms with Gasteiger partial charge in [-0.2, -0.15) is 0 Å². The molecule has 5 nitrogen and oxygen atoms in total. The van der Waals surface area contributed by atoms with E-state index in [1.54, 1.807) is 6.20 Å². The predicted octanol–water partition coefficient (Wildman–Crippen LogP) is 1.16. The Morgan fingerprint density at radius 2 is 1.87 bits per heavy atom. The molecule has 5 heteroatoms. The minimum absolute atomic E-state index is 0.179. The summed E-state index contributed by atoms with van der Waals surface area (Å²) in [6.45, 7) is 0. The molecule has 0 saturated carbocycles. The van der Waals surface area contributed by atoms with Crippen LogP contribution in [0.1, 0.15) is 0 Å². The number of nitrogens with two attached hydrogens (primary N) is 1. The van der Waals surface area contributed by atoms with Crippen molar-refractivity contribution in [3.63, 3.8) is 0 Å². The molecule has 3 aromatic rings. The molecule has 3 rings (SSSR count). The lowest BCUT2D eigenvalue weighted by atomic mass is 10.2. The van der Waals surface area contributed by atoms with Gasteiger partial charge in [-0.05, 0) is 6.07 Å². The lowest BCUT2D eigenvalue weighted by Crippen LogP contribution is -1.98. The molecule has 2 heterocycles. The van der Waals surface area contributed by atoms with E-state index in [1.807, 2.05) is 24.3 Å². The zero-order valence-electron chi connectivity index (χ0n) is 7.75. The average Bonchev–Trinajstić information content (AvgIpc) is 2.29. The summed E-state index contributed by atoms with van der Waals surface area (Å²) in [5.74, 6) is 0.179. The van der Waals surface area contributed by atoms with Crippen molar-refractivity contribution in [1.29, 1.82) is 0 Å². The molecule has 1 aromatic carbocycles. The standard InChI is InChI=1S/C10H7N5/c11-10-13-9-6-3-1-2-4-7(6)12-5-8(9)14-15-10/h1-5H,(H2,11,13,15). The summed E-state index contributed by atoms with van der Waals surface area (Å²) in [4.78, 5) is 8.42. The third-order valence-electron chi connectivity index (χ3n) is 2.21. The van der Waals surface area contributed by atoms with E-state index in [0.29, 0.717) is 5.52 Å². The fraction of sp³-hybridized carbons (Fsp3) is 0. The Balaban J connectivity index is 2.57. The van der Waals surface area contributed by atoms with Crippen LogP contribution >= 0.6 is 0 Å². The third-order valence-corrected chi connectivity index (χ3v) is 2.21. The van der Waals surface area contributed by atoms with Crippen molar-refractivity contribution in [2.75, 3.05) is 5.73 Å². The highest BCUT2D eigenvalue weighted by Crippen LogP contribution is 2.19. The number of nitrogens with zero attached hydrogens (tertiary/aromatic N) is 4. The van der Waals surface area contributed by atoms with Crippen LogP contribution in [0.5, 0.6) is 0 Å². The van der Waals surface area contributed by atoms with Crippen molar-refractivity contribution in [2.24, 2.45) is 0 Å². The van der Waals surface area contributed by atoms with Crippen LogP contribution in [0.15, 0.2) is 30.5 Å². The summed E-state index contributed by atoms with van der Waals surface area (Å²) in [6.07, 6.45) is 1.65. The number of fused-ring (bicyclic) bond motifs is 3. The summed E-state index contributed by atoms with van der Waals surface area (Å²) in [5, 5.41) is 8.56. The van der Waals surface area contributed by atoms with Gasteiger partial charge in [0.15, 0.2) is 0 Å². The number of hydrogen-bond donors (Lipinski definition) is 1. The summed E-state index contributed by atoms with van der Waals surface area (Å²) in [6, 6.07) is 7.73. The van der Waals surface area contributed by atoms with Crippen LogP contribution in [0.4, 0.5) is 5.95 Å². The maximum absolute atomic E-state index is 5.51. The van der Waals surface area contributed by atoms with Crippen LogP contribution in [0.3, 0.4) is 0 Å². The quantitative estimate of drug-likeness (QED) is 0.547. The molecule has 0 bridgehead atoms. The molecule has 0 aliphatic rings.